The standard InChI is InChI=1S/C12H11N5O3/c1-7-9(8(2)20-16-7)6-14-12-4-3-11(17(18)19)10(5-13)15-12/h3-4H,6H2,1-2H3,(H,14,15). The molecule has 0 bridgehead atoms. The molecule has 0 aliphatic heterocycles. The van der Waals surface area contributed by atoms with Gasteiger partial charge in [-0.2, -0.15) is 5.26 Å². The predicted molar refractivity (Wildman–Crippen MR) is 68.9 cm³/mol. The van der Waals surface area contributed by atoms with E-state index in [2.05, 4.69) is 15.5 Å². The van der Waals surface area contributed by atoms with Gasteiger partial charge in [0.05, 0.1) is 10.6 Å². The molecule has 2 heterocycles. The van der Waals surface area contributed by atoms with Crippen molar-refractivity contribution < 1.29 is 9.45 Å². The highest BCUT2D eigenvalue weighted by Gasteiger charge is 2.16. The van der Waals surface area contributed by atoms with Crippen molar-refractivity contribution in [1.82, 2.24) is 10.1 Å². The molecule has 0 fully saturated rings. The summed E-state index contributed by atoms with van der Waals surface area (Å²) in [5.41, 5.74) is 1.12. The SMILES string of the molecule is Cc1noc(C)c1CNc1ccc([N+](=O)[O-])c(C#N)n1. The molecular weight excluding hydrogens is 262 g/mol. The van der Waals surface area contributed by atoms with E-state index in [-0.39, 0.29) is 11.4 Å². The molecular formula is C12H11N5O3. The maximum absolute atomic E-state index is 10.7. The van der Waals surface area contributed by atoms with Crippen molar-refractivity contribution in [2.24, 2.45) is 0 Å². The van der Waals surface area contributed by atoms with E-state index in [0.29, 0.717) is 18.1 Å². The number of aryl methyl sites for hydroxylation is 2. The molecule has 2 aromatic rings. The zero-order valence-electron chi connectivity index (χ0n) is 10.9. The molecule has 0 aliphatic carbocycles. The number of anilines is 1. The summed E-state index contributed by atoms with van der Waals surface area (Å²) in [6.07, 6.45) is 0. The number of hydrogen-bond donors (Lipinski definition) is 1. The van der Waals surface area contributed by atoms with E-state index in [1.807, 2.05) is 6.92 Å². The molecule has 8 heteroatoms. The number of nitrogens with zero attached hydrogens (tertiary/aromatic N) is 4. The number of hydrogen-bond acceptors (Lipinski definition) is 7. The second kappa shape index (κ2) is 5.36. The van der Waals surface area contributed by atoms with Gasteiger partial charge >= 0.3 is 5.69 Å². The lowest BCUT2D eigenvalue weighted by molar-refractivity contribution is -0.385. The Morgan fingerprint density at radius 2 is 2.25 bits per heavy atom. The normalized spacial score (nSPS) is 10.1. The number of nitro groups is 1. The van der Waals surface area contributed by atoms with Gasteiger partial charge in [-0.1, -0.05) is 5.16 Å². The van der Waals surface area contributed by atoms with Crippen LogP contribution in [-0.4, -0.2) is 15.1 Å². The van der Waals surface area contributed by atoms with Gasteiger partial charge in [-0.15, -0.1) is 0 Å². The number of rotatable bonds is 4. The van der Waals surface area contributed by atoms with Crippen LogP contribution in [0.1, 0.15) is 22.7 Å². The average molecular weight is 273 g/mol. The fourth-order valence-corrected chi connectivity index (χ4v) is 1.71. The van der Waals surface area contributed by atoms with Crippen LogP contribution < -0.4 is 5.32 Å². The highest BCUT2D eigenvalue weighted by molar-refractivity contribution is 5.50. The third-order valence-electron chi connectivity index (χ3n) is 2.80. The summed E-state index contributed by atoms with van der Waals surface area (Å²) < 4.78 is 5.03. The Labute approximate surface area is 114 Å². The van der Waals surface area contributed by atoms with Gasteiger partial charge in [0, 0.05) is 18.2 Å². The van der Waals surface area contributed by atoms with E-state index in [1.54, 1.807) is 13.0 Å². The van der Waals surface area contributed by atoms with Crippen LogP contribution in [0.4, 0.5) is 11.5 Å². The van der Waals surface area contributed by atoms with Gasteiger partial charge in [0.1, 0.15) is 17.6 Å². The lowest BCUT2D eigenvalue weighted by Crippen LogP contribution is -2.05. The molecule has 0 spiro atoms. The third-order valence-corrected chi connectivity index (χ3v) is 2.80. The van der Waals surface area contributed by atoms with E-state index in [1.165, 1.54) is 12.1 Å². The minimum atomic E-state index is -0.635. The first-order valence-corrected chi connectivity index (χ1v) is 5.74. The summed E-state index contributed by atoms with van der Waals surface area (Å²) >= 11 is 0. The van der Waals surface area contributed by atoms with Crippen molar-refractivity contribution in [2.45, 2.75) is 20.4 Å². The van der Waals surface area contributed by atoms with Gasteiger partial charge in [0.25, 0.3) is 0 Å². The number of pyridine rings is 1. The Kier molecular flexibility index (Phi) is 3.61. The zero-order chi connectivity index (χ0) is 14.7. The fourth-order valence-electron chi connectivity index (χ4n) is 1.71. The molecule has 2 rings (SSSR count). The Bertz CT molecular complexity index is 682. The van der Waals surface area contributed by atoms with Crippen molar-refractivity contribution in [3.63, 3.8) is 0 Å². The first-order valence-electron chi connectivity index (χ1n) is 5.74. The first-order chi connectivity index (χ1) is 9.52. The molecule has 0 amide bonds. The van der Waals surface area contributed by atoms with Crippen molar-refractivity contribution >= 4 is 11.5 Å². The predicted octanol–water partition coefficient (Wildman–Crippen LogP) is 2.08. The van der Waals surface area contributed by atoms with Crippen LogP contribution in [0, 0.1) is 35.3 Å². The number of aromatic nitrogens is 2. The quantitative estimate of drug-likeness (QED) is 0.669. The summed E-state index contributed by atoms with van der Waals surface area (Å²) in [6, 6.07) is 4.42. The second-order valence-electron chi connectivity index (χ2n) is 4.09. The molecule has 0 saturated heterocycles. The fraction of sp³-hybridized carbons (Fsp3) is 0.250. The van der Waals surface area contributed by atoms with Crippen LogP contribution in [0.5, 0.6) is 0 Å². The van der Waals surface area contributed by atoms with Gasteiger partial charge in [-0.3, -0.25) is 10.1 Å². The van der Waals surface area contributed by atoms with Gasteiger partial charge < -0.3 is 9.84 Å². The largest absolute Gasteiger partial charge is 0.366 e. The highest BCUT2D eigenvalue weighted by Crippen LogP contribution is 2.19. The van der Waals surface area contributed by atoms with E-state index >= 15 is 0 Å². The molecule has 0 saturated carbocycles. The summed E-state index contributed by atoms with van der Waals surface area (Å²) in [4.78, 5) is 14.0. The van der Waals surface area contributed by atoms with Crippen LogP contribution in [0.15, 0.2) is 16.7 Å². The second-order valence-corrected chi connectivity index (χ2v) is 4.09. The maximum atomic E-state index is 10.7. The van der Waals surface area contributed by atoms with Crippen molar-refractivity contribution in [3.05, 3.63) is 45.0 Å². The Morgan fingerprint density at radius 1 is 1.50 bits per heavy atom. The van der Waals surface area contributed by atoms with E-state index in [0.717, 1.165) is 11.3 Å². The third kappa shape index (κ3) is 2.56. The molecule has 0 aliphatic rings. The van der Waals surface area contributed by atoms with E-state index in [9.17, 15) is 10.1 Å². The Balaban J connectivity index is 2.19. The van der Waals surface area contributed by atoms with Crippen molar-refractivity contribution in [1.29, 1.82) is 5.26 Å². The van der Waals surface area contributed by atoms with Gasteiger partial charge in [-0.25, -0.2) is 4.98 Å². The van der Waals surface area contributed by atoms with Gasteiger partial charge in [0.15, 0.2) is 0 Å². The van der Waals surface area contributed by atoms with Crippen molar-refractivity contribution in [2.75, 3.05) is 5.32 Å². The highest BCUT2D eigenvalue weighted by atomic mass is 16.6. The number of nitrogens with one attached hydrogen (secondary N) is 1. The molecule has 102 valence electrons. The summed E-state index contributed by atoms with van der Waals surface area (Å²) in [6.45, 7) is 4.02. The van der Waals surface area contributed by atoms with Gasteiger partial charge in [0.2, 0.25) is 5.69 Å². The topological polar surface area (TPSA) is 118 Å². The van der Waals surface area contributed by atoms with Crippen molar-refractivity contribution in [3.8, 4) is 6.07 Å². The summed E-state index contributed by atoms with van der Waals surface area (Å²) in [5, 5.41) is 26.4. The van der Waals surface area contributed by atoms with Crippen LogP contribution in [0.3, 0.4) is 0 Å². The van der Waals surface area contributed by atoms with Crippen LogP contribution in [0.2, 0.25) is 0 Å². The van der Waals surface area contributed by atoms with Crippen LogP contribution >= 0.6 is 0 Å². The van der Waals surface area contributed by atoms with Crippen LogP contribution in [-0.2, 0) is 6.54 Å². The number of nitriles is 1. The minimum absolute atomic E-state index is 0.223. The summed E-state index contributed by atoms with van der Waals surface area (Å²) in [5.74, 6) is 1.07. The lowest BCUT2D eigenvalue weighted by atomic mass is 10.2. The monoisotopic (exact) mass is 273 g/mol. The molecule has 1 N–H and O–H groups in total. The molecule has 20 heavy (non-hydrogen) atoms. The minimum Gasteiger partial charge on any atom is -0.366 e. The van der Waals surface area contributed by atoms with E-state index in [4.69, 9.17) is 9.78 Å². The molecule has 0 atom stereocenters. The maximum Gasteiger partial charge on any atom is 0.305 e. The lowest BCUT2D eigenvalue weighted by Gasteiger charge is -2.05. The average Bonchev–Trinajstić information content (AvgIpc) is 2.75. The summed E-state index contributed by atoms with van der Waals surface area (Å²) in [7, 11) is 0. The zero-order valence-corrected chi connectivity index (χ0v) is 10.9. The Morgan fingerprint density at radius 3 is 2.80 bits per heavy atom. The molecule has 0 unspecified atom stereocenters. The smallest absolute Gasteiger partial charge is 0.305 e. The van der Waals surface area contributed by atoms with Crippen LogP contribution in [0.25, 0.3) is 0 Å². The van der Waals surface area contributed by atoms with Gasteiger partial charge in [-0.05, 0) is 19.9 Å². The van der Waals surface area contributed by atoms with E-state index < -0.39 is 4.92 Å². The molecule has 0 aromatic carbocycles. The molecule has 8 nitrogen and oxygen atoms in total. The molecule has 0 radical (unpaired) electrons. The molecule has 2 aromatic heterocycles. The Hall–Kier alpha value is -2.95. The first kappa shape index (κ1) is 13.5.